The van der Waals surface area contributed by atoms with Crippen LogP contribution in [0.4, 0.5) is 0 Å². The average Bonchev–Trinajstić information content (AvgIpc) is 3.30. The highest BCUT2D eigenvalue weighted by atomic mass is 16.5. The molecule has 0 saturated heterocycles. The van der Waals surface area contributed by atoms with Crippen LogP contribution in [0, 0.1) is 0 Å². The maximum absolute atomic E-state index is 13.2. The SMILES string of the molecule is CCCCO[C@H]1CCCC[C@@H]1NC(=O)Cn1nc(C(=O)O)cc1C(=O)N[C@@H]1CCCC[C@H]1OCCCC. The predicted octanol–water partition coefficient (Wildman–Crippen LogP) is 3.68. The summed E-state index contributed by atoms with van der Waals surface area (Å²) in [6, 6.07) is 0.970. The number of hydrogen-bond acceptors (Lipinski definition) is 6. The number of carboxylic acid groups (broad SMARTS) is 1. The highest BCUT2D eigenvalue weighted by molar-refractivity contribution is 5.96. The van der Waals surface area contributed by atoms with Gasteiger partial charge in [-0.1, -0.05) is 52.4 Å². The summed E-state index contributed by atoms with van der Waals surface area (Å²) in [6.07, 6.45) is 11.4. The Bertz CT molecular complexity index is 888. The molecule has 37 heavy (non-hydrogen) atoms. The number of ether oxygens (including phenoxy) is 2. The molecular weight excluding hydrogens is 476 g/mol. The first-order valence-corrected chi connectivity index (χ1v) is 14.1. The van der Waals surface area contributed by atoms with Gasteiger partial charge >= 0.3 is 5.97 Å². The molecule has 0 aliphatic heterocycles. The monoisotopic (exact) mass is 520 g/mol. The van der Waals surface area contributed by atoms with Crippen LogP contribution in [0.5, 0.6) is 0 Å². The maximum Gasteiger partial charge on any atom is 0.356 e. The van der Waals surface area contributed by atoms with Gasteiger partial charge in [-0.15, -0.1) is 0 Å². The van der Waals surface area contributed by atoms with E-state index < -0.39 is 11.9 Å². The van der Waals surface area contributed by atoms with Gasteiger partial charge in [0.25, 0.3) is 5.91 Å². The van der Waals surface area contributed by atoms with Crippen molar-refractivity contribution in [2.75, 3.05) is 13.2 Å². The fourth-order valence-electron chi connectivity index (χ4n) is 5.14. The normalized spacial score (nSPS) is 23.9. The van der Waals surface area contributed by atoms with Gasteiger partial charge in [0.2, 0.25) is 5.91 Å². The topological polar surface area (TPSA) is 132 Å². The van der Waals surface area contributed by atoms with Crippen LogP contribution in [-0.2, 0) is 20.8 Å². The molecule has 0 bridgehead atoms. The highest BCUT2D eigenvalue weighted by Crippen LogP contribution is 2.23. The maximum atomic E-state index is 13.2. The smallest absolute Gasteiger partial charge is 0.356 e. The number of carbonyl (C=O) groups is 3. The quantitative estimate of drug-likeness (QED) is 0.319. The first-order chi connectivity index (χ1) is 17.9. The second kappa shape index (κ2) is 15.1. The fraction of sp³-hybridized carbons (Fsp3) is 0.778. The van der Waals surface area contributed by atoms with Crippen LogP contribution in [0.2, 0.25) is 0 Å². The lowest BCUT2D eigenvalue weighted by Gasteiger charge is -2.32. The van der Waals surface area contributed by atoms with Crippen molar-refractivity contribution in [3.63, 3.8) is 0 Å². The van der Waals surface area contributed by atoms with Gasteiger partial charge in [-0.05, 0) is 38.5 Å². The number of carboxylic acids is 1. The molecule has 10 heteroatoms. The van der Waals surface area contributed by atoms with Crippen LogP contribution in [-0.4, -0.2) is 70.2 Å². The number of hydrogen-bond donors (Lipinski definition) is 3. The zero-order valence-corrected chi connectivity index (χ0v) is 22.4. The number of carbonyl (C=O) groups excluding carboxylic acids is 2. The Morgan fingerprint density at radius 2 is 1.46 bits per heavy atom. The van der Waals surface area contributed by atoms with E-state index in [2.05, 4.69) is 29.6 Å². The van der Waals surface area contributed by atoms with Gasteiger partial charge in [-0.25, -0.2) is 9.48 Å². The molecule has 1 aromatic heterocycles. The summed E-state index contributed by atoms with van der Waals surface area (Å²) < 4.78 is 13.3. The van der Waals surface area contributed by atoms with Gasteiger partial charge in [-0.3, -0.25) is 9.59 Å². The highest BCUT2D eigenvalue weighted by Gasteiger charge is 2.31. The molecule has 0 radical (unpaired) electrons. The molecule has 2 amide bonds. The van der Waals surface area contributed by atoms with E-state index >= 15 is 0 Å². The molecule has 1 aromatic rings. The van der Waals surface area contributed by atoms with E-state index in [4.69, 9.17) is 9.47 Å². The third kappa shape index (κ3) is 8.81. The molecule has 3 N–H and O–H groups in total. The number of amides is 2. The van der Waals surface area contributed by atoms with Crippen molar-refractivity contribution >= 4 is 17.8 Å². The molecule has 2 aliphatic rings. The Morgan fingerprint density at radius 3 is 2.00 bits per heavy atom. The third-order valence-corrected chi connectivity index (χ3v) is 7.25. The molecule has 0 aromatic carbocycles. The van der Waals surface area contributed by atoms with E-state index in [-0.39, 0.29) is 48.1 Å². The molecule has 2 fully saturated rings. The molecule has 4 atom stereocenters. The molecule has 208 valence electrons. The minimum atomic E-state index is -1.25. The number of aromatic nitrogens is 2. The summed E-state index contributed by atoms with van der Waals surface area (Å²) in [5, 5.41) is 19.6. The van der Waals surface area contributed by atoms with E-state index in [0.29, 0.717) is 13.2 Å². The minimum absolute atomic E-state index is 0.0323. The molecule has 0 spiro atoms. The fourth-order valence-corrected chi connectivity index (χ4v) is 5.14. The summed E-state index contributed by atoms with van der Waals surface area (Å²) in [4.78, 5) is 37.8. The van der Waals surface area contributed by atoms with E-state index in [1.54, 1.807) is 0 Å². The van der Waals surface area contributed by atoms with Crippen molar-refractivity contribution in [3.8, 4) is 0 Å². The molecular formula is C27H44N4O6. The first kappa shape index (κ1) is 29.1. The summed E-state index contributed by atoms with van der Waals surface area (Å²) in [7, 11) is 0. The van der Waals surface area contributed by atoms with Crippen molar-refractivity contribution in [3.05, 3.63) is 17.5 Å². The van der Waals surface area contributed by atoms with E-state index in [0.717, 1.165) is 77.0 Å². The largest absolute Gasteiger partial charge is 0.476 e. The van der Waals surface area contributed by atoms with Crippen molar-refractivity contribution in [1.82, 2.24) is 20.4 Å². The number of nitrogens with one attached hydrogen (secondary N) is 2. The van der Waals surface area contributed by atoms with Gasteiger partial charge in [0.15, 0.2) is 5.69 Å². The van der Waals surface area contributed by atoms with Crippen molar-refractivity contribution in [2.45, 2.75) is 122 Å². The van der Waals surface area contributed by atoms with Crippen molar-refractivity contribution < 1.29 is 29.0 Å². The van der Waals surface area contributed by atoms with Gasteiger partial charge in [0.1, 0.15) is 12.2 Å². The van der Waals surface area contributed by atoms with E-state index in [1.807, 2.05) is 0 Å². The second-order valence-corrected chi connectivity index (χ2v) is 10.2. The summed E-state index contributed by atoms with van der Waals surface area (Å²) >= 11 is 0. The van der Waals surface area contributed by atoms with Gasteiger partial charge in [0.05, 0.1) is 24.3 Å². The lowest BCUT2D eigenvalue weighted by Crippen LogP contribution is -2.48. The average molecular weight is 521 g/mol. The Morgan fingerprint density at radius 1 is 0.919 bits per heavy atom. The van der Waals surface area contributed by atoms with Crippen molar-refractivity contribution in [1.29, 1.82) is 0 Å². The molecule has 10 nitrogen and oxygen atoms in total. The standard InChI is InChI=1S/C27H44N4O6/c1-3-5-15-36-23-13-9-7-11-19(23)28-25(32)18-31-22(17-21(30-31)27(34)35)26(33)29-20-12-8-10-14-24(20)37-16-6-4-2/h17,19-20,23-24H,3-16,18H2,1-2H3,(H,28,32)(H,29,33)(H,34,35)/t19-,20+,23-,24+/m0/s1. The minimum Gasteiger partial charge on any atom is -0.476 e. The number of unbranched alkanes of at least 4 members (excludes halogenated alkanes) is 2. The van der Waals surface area contributed by atoms with E-state index in [1.165, 1.54) is 10.7 Å². The predicted molar refractivity (Wildman–Crippen MR) is 139 cm³/mol. The number of nitrogens with zero attached hydrogens (tertiary/aromatic N) is 2. The van der Waals surface area contributed by atoms with Crippen LogP contribution in [0.1, 0.15) is 112 Å². The Hall–Kier alpha value is -2.46. The van der Waals surface area contributed by atoms with Crippen LogP contribution in [0.15, 0.2) is 6.07 Å². The number of aromatic carboxylic acids is 1. The second-order valence-electron chi connectivity index (χ2n) is 10.2. The molecule has 3 rings (SSSR count). The Labute approximate surface area is 219 Å². The third-order valence-electron chi connectivity index (χ3n) is 7.25. The van der Waals surface area contributed by atoms with Gasteiger partial charge in [-0.2, -0.15) is 5.10 Å². The Kier molecular flexibility index (Phi) is 11.9. The van der Waals surface area contributed by atoms with Crippen molar-refractivity contribution in [2.24, 2.45) is 0 Å². The summed E-state index contributed by atoms with van der Waals surface area (Å²) in [6.45, 7) is 5.30. The molecule has 1 heterocycles. The molecule has 2 aliphatic carbocycles. The van der Waals surface area contributed by atoms with Crippen LogP contribution in [0.3, 0.4) is 0 Å². The molecule has 2 saturated carbocycles. The summed E-state index contributed by atoms with van der Waals surface area (Å²) in [5.41, 5.74) is -0.208. The first-order valence-electron chi connectivity index (χ1n) is 14.1. The summed E-state index contributed by atoms with van der Waals surface area (Å²) in [5.74, 6) is -2.01. The van der Waals surface area contributed by atoms with Crippen LogP contribution < -0.4 is 10.6 Å². The van der Waals surface area contributed by atoms with Crippen LogP contribution in [0.25, 0.3) is 0 Å². The zero-order valence-electron chi connectivity index (χ0n) is 22.4. The zero-order chi connectivity index (χ0) is 26.6. The van der Waals surface area contributed by atoms with Gasteiger partial charge < -0.3 is 25.2 Å². The van der Waals surface area contributed by atoms with Crippen LogP contribution >= 0.6 is 0 Å². The van der Waals surface area contributed by atoms with Gasteiger partial charge in [0, 0.05) is 19.3 Å². The number of rotatable bonds is 14. The Balaban J connectivity index is 1.66. The van der Waals surface area contributed by atoms with E-state index in [9.17, 15) is 19.5 Å². The molecule has 0 unspecified atom stereocenters. The lowest BCUT2D eigenvalue weighted by molar-refractivity contribution is -0.124. The lowest BCUT2D eigenvalue weighted by atomic mass is 9.92.